The highest BCUT2D eigenvalue weighted by Gasteiger charge is 2.14. The molecule has 5 nitrogen and oxygen atoms in total. The first-order valence-corrected chi connectivity index (χ1v) is 10.0. The Morgan fingerprint density at radius 1 is 1.08 bits per heavy atom. The Morgan fingerprint density at radius 2 is 1.76 bits per heavy atom. The molecule has 1 amide bonds. The number of carbonyl (C=O) groups is 1. The van der Waals surface area contributed by atoms with Gasteiger partial charge in [-0.1, -0.05) is 25.1 Å². The summed E-state index contributed by atoms with van der Waals surface area (Å²) in [4.78, 5) is 11.6. The van der Waals surface area contributed by atoms with Crippen LogP contribution in [0, 0.1) is 0 Å². The molecule has 0 bridgehead atoms. The lowest BCUT2D eigenvalue weighted by molar-refractivity contribution is -0.115. The first-order valence-electron chi connectivity index (χ1n) is 8.02. The highest BCUT2D eigenvalue weighted by Crippen LogP contribution is 2.20. The van der Waals surface area contributed by atoms with Crippen LogP contribution in [0.4, 0.5) is 11.4 Å². The average Bonchev–Trinajstić information content (AvgIpc) is 2.60. The van der Waals surface area contributed by atoms with Crippen LogP contribution in [0.15, 0.2) is 53.4 Å². The Bertz CT molecular complexity index is 820. The average molecular weight is 381 g/mol. The maximum Gasteiger partial charge on any atom is 0.261 e. The van der Waals surface area contributed by atoms with E-state index in [4.69, 9.17) is 11.6 Å². The number of amides is 1. The number of nitrogens with one attached hydrogen (secondary N) is 2. The van der Waals surface area contributed by atoms with Crippen LogP contribution >= 0.6 is 11.6 Å². The lowest BCUT2D eigenvalue weighted by atomic mass is 10.1. The van der Waals surface area contributed by atoms with Gasteiger partial charge in [-0.25, -0.2) is 8.42 Å². The van der Waals surface area contributed by atoms with Crippen molar-refractivity contribution in [3.05, 3.63) is 54.1 Å². The highest BCUT2D eigenvalue weighted by molar-refractivity contribution is 7.92. The fraction of sp³-hybridized carbons (Fsp3) is 0.278. The molecular formula is C18H21ClN2O3S. The van der Waals surface area contributed by atoms with E-state index in [0.717, 1.165) is 18.4 Å². The van der Waals surface area contributed by atoms with E-state index in [9.17, 15) is 13.2 Å². The number of benzene rings is 2. The summed E-state index contributed by atoms with van der Waals surface area (Å²) < 4.78 is 27.5. The second kappa shape index (κ2) is 8.87. The van der Waals surface area contributed by atoms with Gasteiger partial charge in [0.25, 0.3) is 10.0 Å². The number of carbonyl (C=O) groups excluding carboxylic acids is 1. The number of aryl methyl sites for hydroxylation is 1. The SMILES string of the molecule is CCC(=O)Nc1cccc(NS(=O)(=O)c2ccc(CCCCl)cc2)c1. The van der Waals surface area contributed by atoms with Gasteiger partial charge in [0.05, 0.1) is 10.6 Å². The van der Waals surface area contributed by atoms with Crippen molar-refractivity contribution in [1.82, 2.24) is 0 Å². The molecule has 0 unspecified atom stereocenters. The third-order valence-corrected chi connectivity index (χ3v) is 5.22. The van der Waals surface area contributed by atoms with Gasteiger partial charge in [-0.3, -0.25) is 9.52 Å². The fourth-order valence-corrected chi connectivity index (χ4v) is 3.41. The summed E-state index contributed by atoms with van der Waals surface area (Å²) in [5.74, 6) is 0.444. The van der Waals surface area contributed by atoms with Gasteiger partial charge in [-0.05, 0) is 48.7 Å². The van der Waals surface area contributed by atoms with Crippen LogP contribution in [0.1, 0.15) is 25.3 Å². The van der Waals surface area contributed by atoms with Gasteiger partial charge in [0, 0.05) is 18.0 Å². The monoisotopic (exact) mass is 380 g/mol. The maximum absolute atomic E-state index is 12.5. The Labute approximate surface area is 153 Å². The summed E-state index contributed by atoms with van der Waals surface area (Å²) in [7, 11) is -3.69. The van der Waals surface area contributed by atoms with E-state index < -0.39 is 10.0 Å². The van der Waals surface area contributed by atoms with Crippen LogP contribution in [-0.4, -0.2) is 20.2 Å². The standard InChI is InChI=1S/C18H21ClN2O3S/c1-2-18(22)20-15-6-3-7-16(13-15)21-25(23,24)17-10-8-14(9-11-17)5-4-12-19/h3,6-11,13,21H,2,4-5,12H2,1H3,(H,20,22). The molecule has 0 saturated heterocycles. The molecule has 0 fully saturated rings. The smallest absolute Gasteiger partial charge is 0.261 e. The molecule has 0 atom stereocenters. The Balaban J connectivity index is 2.12. The molecule has 25 heavy (non-hydrogen) atoms. The molecule has 0 aliphatic rings. The van der Waals surface area contributed by atoms with E-state index in [-0.39, 0.29) is 10.8 Å². The van der Waals surface area contributed by atoms with Gasteiger partial charge in [0.15, 0.2) is 0 Å². The summed E-state index contributed by atoms with van der Waals surface area (Å²) in [6, 6.07) is 13.3. The van der Waals surface area contributed by atoms with Crippen LogP contribution in [0.2, 0.25) is 0 Å². The number of hydrogen-bond donors (Lipinski definition) is 2. The van der Waals surface area contributed by atoms with Gasteiger partial charge in [-0.2, -0.15) is 0 Å². The molecule has 0 spiro atoms. The second-order valence-electron chi connectivity index (χ2n) is 5.52. The molecule has 0 aliphatic carbocycles. The molecule has 0 aliphatic heterocycles. The van der Waals surface area contributed by atoms with Gasteiger partial charge in [0.1, 0.15) is 0 Å². The van der Waals surface area contributed by atoms with Crippen LogP contribution in [0.5, 0.6) is 0 Å². The van der Waals surface area contributed by atoms with Crippen molar-refractivity contribution >= 4 is 38.9 Å². The largest absolute Gasteiger partial charge is 0.326 e. The normalized spacial score (nSPS) is 11.1. The molecule has 134 valence electrons. The minimum atomic E-state index is -3.69. The molecule has 2 N–H and O–H groups in total. The third-order valence-electron chi connectivity index (χ3n) is 3.55. The summed E-state index contributed by atoms with van der Waals surface area (Å²) in [5, 5.41) is 2.70. The lowest BCUT2D eigenvalue weighted by Gasteiger charge is -2.10. The van der Waals surface area contributed by atoms with Crippen LogP contribution in [0.25, 0.3) is 0 Å². The Kier molecular flexibility index (Phi) is 6.84. The van der Waals surface area contributed by atoms with E-state index >= 15 is 0 Å². The van der Waals surface area contributed by atoms with Crippen molar-refractivity contribution in [2.24, 2.45) is 0 Å². The zero-order valence-corrected chi connectivity index (χ0v) is 15.5. The molecule has 0 radical (unpaired) electrons. The molecular weight excluding hydrogens is 360 g/mol. The van der Waals surface area contributed by atoms with E-state index in [1.54, 1.807) is 55.5 Å². The molecule has 2 aromatic carbocycles. The second-order valence-corrected chi connectivity index (χ2v) is 7.58. The molecule has 2 aromatic rings. The van der Waals surface area contributed by atoms with Gasteiger partial charge >= 0.3 is 0 Å². The predicted molar refractivity (Wildman–Crippen MR) is 102 cm³/mol. The predicted octanol–water partition coefficient (Wildman–Crippen LogP) is 4.01. The molecule has 0 heterocycles. The van der Waals surface area contributed by atoms with Gasteiger partial charge in [-0.15, -0.1) is 11.6 Å². The number of anilines is 2. The van der Waals surface area contributed by atoms with Crippen molar-refractivity contribution in [1.29, 1.82) is 0 Å². The zero-order valence-electron chi connectivity index (χ0n) is 14.0. The summed E-state index contributed by atoms with van der Waals surface area (Å²) in [6.07, 6.45) is 2.02. The molecule has 0 aromatic heterocycles. The molecule has 0 saturated carbocycles. The van der Waals surface area contributed by atoms with Crippen LogP contribution < -0.4 is 10.0 Å². The topological polar surface area (TPSA) is 75.3 Å². The van der Waals surface area contributed by atoms with Crippen LogP contribution in [0.3, 0.4) is 0 Å². The third kappa shape index (κ3) is 5.76. The fourth-order valence-electron chi connectivity index (χ4n) is 2.23. The van der Waals surface area contributed by atoms with Crippen molar-refractivity contribution < 1.29 is 13.2 Å². The van der Waals surface area contributed by atoms with E-state index in [2.05, 4.69) is 10.0 Å². The minimum absolute atomic E-state index is 0.132. The van der Waals surface area contributed by atoms with E-state index in [0.29, 0.717) is 23.7 Å². The maximum atomic E-state index is 12.5. The minimum Gasteiger partial charge on any atom is -0.326 e. The van der Waals surface area contributed by atoms with E-state index in [1.807, 2.05) is 0 Å². The zero-order chi connectivity index (χ0) is 18.3. The summed E-state index contributed by atoms with van der Waals surface area (Å²) >= 11 is 5.67. The lowest BCUT2D eigenvalue weighted by Crippen LogP contribution is -2.14. The van der Waals surface area contributed by atoms with Gasteiger partial charge in [0.2, 0.25) is 5.91 Å². The first kappa shape index (κ1) is 19.3. The Hall–Kier alpha value is -2.05. The van der Waals surface area contributed by atoms with Crippen molar-refractivity contribution in [3.8, 4) is 0 Å². The number of sulfonamides is 1. The molecule has 7 heteroatoms. The van der Waals surface area contributed by atoms with Gasteiger partial charge < -0.3 is 5.32 Å². The number of hydrogen-bond acceptors (Lipinski definition) is 3. The first-order chi connectivity index (χ1) is 11.9. The molecule has 2 rings (SSSR count). The van der Waals surface area contributed by atoms with E-state index in [1.165, 1.54) is 0 Å². The summed E-state index contributed by atoms with van der Waals surface area (Å²) in [6.45, 7) is 1.75. The number of alkyl halides is 1. The number of halogens is 1. The van der Waals surface area contributed by atoms with Crippen molar-refractivity contribution in [2.45, 2.75) is 31.1 Å². The van der Waals surface area contributed by atoms with Crippen LogP contribution in [-0.2, 0) is 21.2 Å². The Morgan fingerprint density at radius 3 is 2.40 bits per heavy atom. The number of rotatable bonds is 8. The van der Waals surface area contributed by atoms with Crippen molar-refractivity contribution in [3.63, 3.8) is 0 Å². The van der Waals surface area contributed by atoms with Crippen molar-refractivity contribution in [2.75, 3.05) is 15.9 Å². The highest BCUT2D eigenvalue weighted by atomic mass is 35.5. The summed E-state index contributed by atoms with van der Waals surface area (Å²) in [5.41, 5.74) is 1.98. The quantitative estimate of drug-likeness (QED) is 0.679.